The summed E-state index contributed by atoms with van der Waals surface area (Å²) in [6.45, 7) is 0. The zero-order valence-corrected chi connectivity index (χ0v) is 19.5. The summed E-state index contributed by atoms with van der Waals surface area (Å²) >= 11 is 0. The van der Waals surface area contributed by atoms with Gasteiger partial charge in [0, 0.05) is 23.8 Å². The lowest BCUT2D eigenvalue weighted by molar-refractivity contribution is 0.410. The minimum atomic E-state index is -0.293. The van der Waals surface area contributed by atoms with Gasteiger partial charge >= 0.3 is 0 Å². The van der Waals surface area contributed by atoms with E-state index in [-0.39, 0.29) is 30.6 Å². The Hall–Kier alpha value is -2.16. The van der Waals surface area contributed by atoms with Gasteiger partial charge < -0.3 is 20.9 Å². The minimum Gasteiger partial charge on any atom is -0.351 e. The number of nitrogens with two attached hydrogens (primary N) is 1. The second-order valence-electron chi connectivity index (χ2n) is 8.55. The number of aromatic nitrogens is 4. The number of benzene rings is 1. The molecule has 7 nitrogen and oxygen atoms in total. The summed E-state index contributed by atoms with van der Waals surface area (Å²) in [5.41, 5.74) is 8.23. The van der Waals surface area contributed by atoms with Crippen LogP contribution >= 0.6 is 24.8 Å². The Labute approximate surface area is 199 Å². The molecule has 0 aliphatic heterocycles. The van der Waals surface area contributed by atoms with Gasteiger partial charge in [0.1, 0.15) is 5.82 Å². The van der Waals surface area contributed by atoms with Crippen LogP contribution in [0.2, 0.25) is 0 Å². The molecular weight excluding hydrogens is 452 g/mol. The van der Waals surface area contributed by atoms with Gasteiger partial charge in [-0.2, -0.15) is 9.97 Å². The molecule has 2 aromatic heterocycles. The highest BCUT2D eigenvalue weighted by molar-refractivity contribution is 5.86. The number of hydrogen-bond acceptors (Lipinski definition) is 6. The van der Waals surface area contributed by atoms with Crippen molar-refractivity contribution in [2.75, 3.05) is 10.6 Å². The maximum Gasteiger partial charge on any atom is 0.227 e. The van der Waals surface area contributed by atoms with Crippen molar-refractivity contribution in [3.05, 3.63) is 36.4 Å². The van der Waals surface area contributed by atoms with Gasteiger partial charge in [0.15, 0.2) is 17.0 Å². The smallest absolute Gasteiger partial charge is 0.227 e. The van der Waals surface area contributed by atoms with Crippen LogP contribution in [0.5, 0.6) is 0 Å². The molecule has 32 heavy (non-hydrogen) atoms. The average molecular weight is 482 g/mol. The Morgan fingerprint density at radius 2 is 1.75 bits per heavy atom. The van der Waals surface area contributed by atoms with Crippen molar-refractivity contribution in [1.29, 1.82) is 0 Å². The van der Waals surface area contributed by atoms with Crippen molar-refractivity contribution in [3.63, 3.8) is 0 Å². The van der Waals surface area contributed by atoms with Crippen LogP contribution in [-0.2, 0) is 0 Å². The van der Waals surface area contributed by atoms with Crippen molar-refractivity contribution in [2.45, 2.75) is 69.5 Å². The van der Waals surface area contributed by atoms with Crippen LogP contribution in [0, 0.1) is 5.82 Å². The molecule has 2 saturated carbocycles. The number of nitrogens with zero attached hydrogens (tertiary/aromatic N) is 4. The Morgan fingerprint density at radius 3 is 2.47 bits per heavy atom. The number of rotatable bonds is 5. The molecular formula is C22H30Cl2FN7. The van der Waals surface area contributed by atoms with E-state index < -0.39 is 0 Å². The molecule has 2 aliphatic rings. The molecule has 3 aromatic rings. The SMILES string of the molecule is Cl.Cl.N[C@H]1CC[C@H](Nc2nc(Nc3cccc(F)c3)c3ncn(C4CCCC4)c3n2)CC1. The van der Waals surface area contributed by atoms with Crippen LogP contribution < -0.4 is 16.4 Å². The first kappa shape index (κ1) is 24.5. The van der Waals surface area contributed by atoms with Crippen molar-refractivity contribution in [2.24, 2.45) is 5.73 Å². The number of fused-ring (bicyclic) bond motifs is 1. The van der Waals surface area contributed by atoms with Crippen LogP contribution in [0.25, 0.3) is 11.2 Å². The van der Waals surface area contributed by atoms with Crippen molar-refractivity contribution in [1.82, 2.24) is 19.5 Å². The molecule has 2 heterocycles. The average Bonchev–Trinajstić information content (AvgIpc) is 3.39. The Kier molecular flexibility index (Phi) is 8.14. The van der Waals surface area contributed by atoms with Gasteiger partial charge in [-0.05, 0) is 56.7 Å². The predicted molar refractivity (Wildman–Crippen MR) is 131 cm³/mol. The lowest BCUT2D eigenvalue weighted by Gasteiger charge is -2.27. The van der Waals surface area contributed by atoms with Crippen LogP contribution in [0.4, 0.5) is 21.8 Å². The lowest BCUT2D eigenvalue weighted by atomic mass is 9.92. The normalized spacial score (nSPS) is 21.1. The molecule has 0 radical (unpaired) electrons. The maximum absolute atomic E-state index is 13.7. The lowest BCUT2D eigenvalue weighted by Crippen LogP contribution is -2.33. The third-order valence-electron chi connectivity index (χ3n) is 6.33. The second-order valence-corrected chi connectivity index (χ2v) is 8.55. The van der Waals surface area contributed by atoms with Gasteiger partial charge in [0.25, 0.3) is 0 Å². The number of anilines is 3. The largest absolute Gasteiger partial charge is 0.351 e. The third kappa shape index (κ3) is 5.24. The van der Waals surface area contributed by atoms with Gasteiger partial charge in [-0.25, -0.2) is 9.37 Å². The molecule has 2 aliphatic carbocycles. The molecule has 0 spiro atoms. The Morgan fingerprint density at radius 1 is 1.00 bits per heavy atom. The highest BCUT2D eigenvalue weighted by Gasteiger charge is 2.24. The fourth-order valence-electron chi connectivity index (χ4n) is 4.67. The zero-order valence-electron chi connectivity index (χ0n) is 17.8. The first-order valence-electron chi connectivity index (χ1n) is 10.9. The first-order valence-corrected chi connectivity index (χ1v) is 10.9. The summed E-state index contributed by atoms with van der Waals surface area (Å²) < 4.78 is 15.9. The molecule has 0 bridgehead atoms. The Bertz CT molecular complexity index is 1030. The monoisotopic (exact) mass is 481 g/mol. The van der Waals surface area contributed by atoms with Crippen molar-refractivity contribution in [3.8, 4) is 0 Å². The van der Waals surface area contributed by atoms with E-state index in [1.54, 1.807) is 6.07 Å². The molecule has 0 saturated heterocycles. The van der Waals surface area contributed by atoms with E-state index in [1.807, 2.05) is 12.4 Å². The highest BCUT2D eigenvalue weighted by Crippen LogP contribution is 2.34. The molecule has 10 heteroatoms. The van der Waals surface area contributed by atoms with E-state index >= 15 is 0 Å². The Balaban J connectivity index is 0.00000144. The molecule has 4 N–H and O–H groups in total. The second kappa shape index (κ2) is 10.6. The predicted octanol–water partition coefficient (Wildman–Crippen LogP) is 5.35. The molecule has 0 atom stereocenters. The number of nitrogens with one attached hydrogen (secondary N) is 2. The maximum atomic E-state index is 13.7. The summed E-state index contributed by atoms with van der Waals surface area (Å²) in [7, 11) is 0. The summed E-state index contributed by atoms with van der Waals surface area (Å²) in [5.74, 6) is 0.887. The quantitative estimate of drug-likeness (QED) is 0.454. The summed E-state index contributed by atoms with van der Waals surface area (Å²) in [4.78, 5) is 14.2. The van der Waals surface area contributed by atoms with E-state index in [1.165, 1.54) is 25.0 Å². The van der Waals surface area contributed by atoms with Crippen LogP contribution in [0.3, 0.4) is 0 Å². The molecule has 174 valence electrons. The number of hydrogen-bond donors (Lipinski definition) is 3. The van der Waals surface area contributed by atoms with E-state index in [9.17, 15) is 4.39 Å². The first-order chi connectivity index (χ1) is 14.7. The zero-order chi connectivity index (χ0) is 20.5. The minimum absolute atomic E-state index is 0. The van der Waals surface area contributed by atoms with Crippen molar-refractivity contribution < 1.29 is 4.39 Å². The molecule has 1 aromatic carbocycles. The summed E-state index contributed by atoms with van der Waals surface area (Å²) in [6.07, 6.45) is 10.7. The molecule has 5 rings (SSSR count). The van der Waals surface area contributed by atoms with E-state index in [0.29, 0.717) is 41.1 Å². The number of imidazole rings is 1. The van der Waals surface area contributed by atoms with Gasteiger partial charge in [0.2, 0.25) is 5.95 Å². The summed E-state index contributed by atoms with van der Waals surface area (Å²) in [5, 5.41) is 6.76. The molecule has 2 fully saturated rings. The molecule has 0 amide bonds. The molecule has 0 unspecified atom stereocenters. The van der Waals surface area contributed by atoms with Crippen LogP contribution in [0.1, 0.15) is 57.4 Å². The van der Waals surface area contributed by atoms with E-state index in [0.717, 1.165) is 44.2 Å². The van der Waals surface area contributed by atoms with Crippen molar-refractivity contribution >= 4 is 53.4 Å². The summed E-state index contributed by atoms with van der Waals surface area (Å²) in [6, 6.07) is 7.41. The standard InChI is InChI=1S/C22H28FN7.2ClH/c23-14-4-3-5-17(12-14)26-20-19-21(30(13-25-19)18-6-1-2-7-18)29-22(28-20)27-16-10-8-15(24)9-11-16;;/h3-5,12-13,15-16,18H,1-2,6-11,24H2,(H2,26,27,28,29);2*1H/t15-,16-;;. The van der Waals surface area contributed by atoms with Gasteiger partial charge in [-0.15, -0.1) is 24.8 Å². The highest BCUT2D eigenvalue weighted by atomic mass is 35.5. The van der Waals surface area contributed by atoms with Gasteiger partial charge in [-0.1, -0.05) is 18.9 Å². The van der Waals surface area contributed by atoms with Gasteiger partial charge in [0.05, 0.1) is 6.33 Å². The van der Waals surface area contributed by atoms with E-state index in [2.05, 4.69) is 20.2 Å². The van der Waals surface area contributed by atoms with Crippen LogP contribution in [-0.4, -0.2) is 31.6 Å². The van der Waals surface area contributed by atoms with Gasteiger partial charge in [-0.3, -0.25) is 0 Å². The van der Waals surface area contributed by atoms with E-state index in [4.69, 9.17) is 15.7 Å². The van der Waals surface area contributed by atoms with Crippen LogP contribution in [0.15, 0.2) is 30.6 Å². The fourth-order valence-corrected chi connectivity index (χ4v) is 4.67. The fraction of sp³-hybridized carbons (Fsp3) is 0.500. The topological polar surface area (TPSA) is 93.7 Å². The third-order valence-corrected chi connectivity index (χ3v) is 6.33. The number of halogens is 3.